The summed E-state index contributed by atoms with van der Waals surface area (Å²) < 4.78 is 13.1. The maximum absolute atomic E-state index is 13.7. The van der Waals surface area contributed by atoms with E-state index in [2.05, 4.69) is 44.1 Å². The van der Waals surface area contributed by atoms with Gasteiger partial charge in [-0.15, -0.1) is 0 Å². The van der Waals surface area contributed by atoms with Gasteiger partial charge in [-0.1, -0.05) is 14.4 Å². The number of rotatable bonds is 3. The maximum Gasteiger partial charge on any atom is 0.321 e. The number of aromatic nitrogens is 3. The highest BCUT2D eigenvalue weighted by Crippen LogP contribution is 2.39. The minimum Gasteiger partial charge on any atom is -0.319 e. The predicted octanol–water partition coefficient (Wildman–Crippen LogP) is 3.78. The Balaban J connectivity index is 0.00000274. The molecule has 0 radical (unpaired) electrons. The molecule has 5 rings (SSSR count). The SMILES string of the molecule is C.CC[C@H]1CN2CCC[C@]2(C)CN1C(=O)N1Cc2c(NC(=O)c3ccc(F)cn3)n[nH]c2C1C. The van der Waals surface area contributed by atoms with Crippen LogP contribution < -0.4 is 5.32 Å². The molecule has 1 unspecified atom stereocenters. The molecule has 3 atom stereocenters. The van der Waals surface area contributed by atoms with Gasteiger partial charge < -0.3 is 15.1 Å². The Kier molecular flexibility index (Phi) is 6.37. The fraction of sp³-hybridized carbons (Fsp3) is 0.583. The molecule has 3 aliphatic rings. The van der Waals surface area contributed by atoms with E-state index in [4.69, 9.17) is 0 Å². The van der Waals surface area contributed by atoms with Crippen molar-refractivity contribution >= 4 is 17.8 Å². The summed E-state index contributed by atoms with van der Waals surface area (Å²) in [6.07, 6.45) is 4.21. The van der Waals surface area contributed by atoms with Crippen LogP contribution in [0.4, 0.5) is 15.0 Å². The van der Waals surface area contributed by atoms with Gasteiger partial charge in [-0.05, 0) is 51.8 Å². The molecular weight excluding hydrogens is 437 g/mol. The first-order chi connectivity index (χ1) is 15.8. The summed E-state index contributed by atoms with van der Waals surface area (Å²) in [7, 11) is 0. The Bertz CT molecular complexity index is 1070. The Morgan fingerprint density at radius 2 is 2.12 bits per heavy atom. The molecule has 0 bridgehead atoms. The van der Waals surface area contributed by atoms with Crippen LogP contribution in [0.25, 0.3) is 0 Å². The van der Waals surface area contributed by atoms with E-state index in [0.29, 0.717) is 12.4 Å². The number of anilines is 1. The Labute approximate surface area is 199 Å². The van der Waals surface area contributed by atoms with E-state index in [1.165, 1.54) is 18.6 Å². The second-order valence-corrected chi connectivity index (χ2v) is 9.60. The number of fused-ring (bicyclic) bond motifs is 2. The van der Waals surface area contributed by atoms with Crippen LogP contribution in [0.1, 0.15) is 75.2 Å². The van der Waals surface area contributed by atoms with Gasteiger partial charge in [0.15, 0.2) is 5.82 Å². The molecule has 0 saturated carbocycles. The lowest BCUT2D eigenvalue weighted by molar-refractivity contribution is 0.00674. The molecule has 3 amide bonds. The highest BCUT2D eigenvalue weighted by atomic mass is 19.1. The summed E-state index contributed by atoms with van der Waals surface area (Å²) in [6.45, 7) is 9.51. The van der Waals surface area contributed by atoms with Crippen LogP contribution in [0.15, 0.2) is 18.3 Å². The third-order valence-electron chi connectivity index (χ3n) is 7.56. The van der Waals surface area contributed by atoms with Crippen LogP contribution in [0.5, 0.6) is 0 Å². The van der Waals surface area contributed by atoms with E-state index >= 15 is 0 Å². The molecule has 9 nitrogen and oxygen atoms in total. The van der Waals surface area contributed by atoms with Crippen LogP contribution >= 0.6 is 0 Å². The maximum atomic E-state index is 13.7. The largest absolute Gasteiger partial charge is 0.321 e. The van der Waals surface area contributed by atoms with Gasteiger partial charge in [-0.2, -0.15) is 5.10 Å². The third kappa shape index (κ3) is 3.93. The zero-order valence-electron chi connectivity index (χ0n) is 19.3. The van der Waals surface area contributed by atoms with Gasteiger partial charge >= 0.3 is 6.03 Å². The van der Waals surface area contributed by atoms with Gasteiger partial charge in [0, 0.05) is 30.2 Å². The number of pyridine rings is 1. The predicted molar refractivity (Wildman–Crippen MR) is 127 cm³/mol. The lowest BCUT2D eigenvalue weighted by atomic mass is 9.93. The quantitative estimate of drug-likeness (QED) is 0.710. The molecule has 10 heteroatoms. The molecule has 2 aromatic heterocycles. The summed E-state index contributed by atoms with van der Waals surface area (Å²) in [4.78, 5) is 36.5. The fourth-order valence-electron chi connectivity index (χ4n) is 5.52. The molecule has 2 N–H and O–H groups in total. The van der Waals surface area contributed by atoms with Gasteiger partial charge in [0.25, 0.3) is 5.91 Å². The number of aromatic amines is 1. The van der Waals surface area contributed by atoms with Gasteiger partial charge in [-0.3, -0.25) is 14.8 Å². The number of nitrogens with zero attached hydrogens (tertiary/aromatic N) is 5. The molecule has 2 aromatic rings. The molecule has 3 aliphatic heterocycles. The smallest absolute Gasteiger partial charge is 0.319 e. The standard InChI is InChI=1S/C23H30FN7O2.CH4/c1-4-16-11-29-9-5-8-23(29,3)13-31(16)22(33)30-12-17-19(14(30)2)27-28-20(17)26-21(32)18-7-6-15(24)10-25-18;/h6-7,10,14,16H,4-5,8-9,11-13H2,1-3H3,(H2,26,27,28,32);1H4/t14?,16-,23+;/m0./s1. The molecule has 0 spiro atoms. The lowest BCUT2D eigenvalue weighted by Crippen LogP contribution is -2.64. The summed E-state index contributed by atoms with van der Waals surface area (Å²) in [6, 6.07) is 2.56. The number of carbonyl (C=O) groups is 2. The van der Waals surface area contributed by atoms with Crippen molar-refractivity contribution in [3.63, 3.8) is 0 Å². The van der Waals surface area contributed by atoms with Crippen molar-refractivity contribution in [1.82, 2.24) is 29.9 Å². The van der Waals surface area contributed by atoms with Crippen molar-refractivity contribution in [2.45, 2.75) is 71.6 Å². The van der Waals surface area contributed by atoms with Crippen LogP contribution in [0, 0.1) is 5.82 Å². The van der Waals surface area contributed by atoms with Crippen molar-refractivity contribution in [1.29, 1.82) is 0 Å². The number of hydrogen-bond acceptors (Lipinski definition) is 5. The van der Waals surface area contributed by atoms with E-state index in [0.717, 1.165) is 49.9 Å². The minimum atomic E-state index is -0.507. The van der Waals surface area contributed by atoms with E-state index in [1.54, 1.807) is 0 Å². The van der Waals surface area contributed by atoms with E-state index in [1.807, 2.05) is 11.8 Å². The number of H-pyrrole nitrogens is 1. The molecule has 34 heavy (non-hydrogen) atoms. The van der Waals surface area contributed by atoms with Crippen LogP contribution in [-0.4, -0.2) is 73.0 Å². The number of piperazine rings is 1. The van der Waals surface area contributed by atoms with E-state index < -0.39 is 11.7 Å². The molecular formula is C24H34FN7O2. The summed E-state index contributed by atoms with van der Waals surface area (Å²) in [5, 5.41) is 9.99. The summed E-state index contributed by atoms with van der Waals surface area (Å²) in [5.41, 5.74) is 1.76. The lowest BCUT2D eigenvalue weighted by Gasteiger charge is -2.50. The monoisotopic (exact) mass is 471 g/mol. The van der Waals surface area contributed by atoms with Gasteiger partial charge in [0.2, 0.25) is 0 Å². The number of carbonyl (C=O) groups excluding carboxylic acids is 2. The highest BCUT2D eigenvalue weighted by molar-refractivity contribution is 6.02. The Morgan fingerprint density at radius 1 is 1.32 bits per heavy atom. The number of urea groups is 1. The third-order valence-corrected chi connectivity index (χ3v) is 7.56. The van der Waals surface area contributed by atoms with E-state index in [-0.39, 0.29) is 36.8 Å². The van der Waals surface area contributed by atoms with Gasteiger partial charge in [0.05, 0.1) is 24.5 Å². The molecule has 5 heterocycles. The van der Waals surface area contributed by atoms with Crippen LogP contribution in [0.2, 0.25) is 0 Å². The zero-order valence-corrected chi connectivity index (χ0v) is 19.3. The minimum absolute atomic E-state index is 0. The Hall–Kier alpha value is -3.01. The summed E-state index contributed by atoms with van der Waals surface area (Å²) >= 11 is 0. The van der Waals surface area contributed by atoms with Crippen molar-refractivity contribution in [2.24, 2.45) is 0 Å². The highest BCUT2D eigenvalue weighted by Gasteiger charge is 2.48. The normalized spacial score (nSPS) is 26.1. The zero-order chi connectivity index (χ0) is 23.3. The van der Waals surface area contributed by atoms with Gasteiger partial charge in [-0.25, -0.2) is 14.2 Å². The first kappa shape index (κ1) is 24.1. The average molecular weight is 472 g/mol. The van der Waals surface area contributed by atoms with E-state index in [9.17, 15) is 14.0 Å². The van der Waals surface area contributed by atoms with Gasteiger partial charge in [0.1, 0.15) is 11.5 Å². The number of amides is 3. The Morgan fingerprint density at radius 3 is 2.82 bits per heavy atom. The van der Waals surface area contributed by atoms with Crippen molar-refractivity contribution in [3.05, 3.63) is 41.1 Å². The summed E-state index contributed by atoms with van der Waals surface area (Å²) in [5.74, 6) is -0.603. The first-order valence-electron chi connectivity index (χ1n) is 11.6. The molecule has 184 valence electrons. The van der Waals surface area contributed by atoms with Crippen molar-refractivity contribution in [2.75, 3.05) is 25.0 Å². The molecule has 0 aromatic carbocycles. The first-order valence-corrected chi connectivity index (χ1v) is 11.6. The average Bonchev–Trinajstić information content (AvgIpc) is 3.47. The molecule has 2 saturated heterocycles. The fourth-order valence-corrected chi connectivity index (χ4v) is 5.52. The molecule has 0 aliphatic carbocycles. The number of nitrogens with one attached hydrogen (secondary N) is 2. The van der Waals surface area contributed by atoms with Crippen molar-refractivity contribution in [3.8, 4) is 0 Å². The number of hydrogen-bond donors (Lipinski definition) is 2. The second-order valence-electron chi connectivity index (χ2n) is 9.60. The topological polar surface area (TPSA) is 97.5 Å². The molecule has 2 fully saturated rings. The van der Waals surface area contributed by atoms with Crippen LogP contribution in [-0.2, 0) is 6.54 Å². The van der Waals surface area contributed by atoms with Crippen LogP contribution in [0.3, 0.4) is 0 Å². The second kappa shape index (κ2) is 8.98. The van der Waals surface area contributed by atoms with Crippen molar-refractivity contribution < 1.29 is 14.0 Å². The number of halogens is 1.